The second-order valence-electron chi connectivity index (χ2n) is 4.88. The molecule has 0 saturated carbocycles. The molecule has 0 radical (unpaired) electrons. The Morgan fingerprint density at radius 3 is 2.53 bits per heavy atom. The molecule has 1 amide bonds. The molecule has 0 bridgehead atoms. The smallest absolute Gasteiger partial charge is 0.326 e. The number of carboxylic acids is 1. The first kappa shape index (κ1) is 13.9. The van der Waals surface area contributed by atoms with Gasteiger partial charge in [-0.15, -0.1) is 0 Å². The number of rotatable bonds is 5. The molecule has 0 spiro atoms. The van der Waals surface area contributed by atoms with Crippen molar-refractivity contribution in [3.05, 3.63) is 0 Å². The summed E-state index contributed by atoms with van der Waals surface area (Å²) in [7, 11) is 0. The van der Waals surface area contributed by atoms with Gasteiger partial charge >= 0.3 is 5.97 Å². The molecular formula is C11H20N2O4. The number of carboxylic acid groups (broad SMARTS) is 1. The number of hydrogen-bond acceptors (Lipinski definition) is 4. The van der Waals surface area contributed by atoms with Gasteiger partial charge in [0, 0.05) is 6.54 Å². The molecule has 17 heavy (non-hydrogen) atoms. The van der Waals surface area contributed by atoms with Crippen LogP contribution in [0.25, 0.3) is 0 Å². The Labute approximate surface area is 100 Å². The van der Waals surface area contributed by atoms with E-state index in [1.165, 1.54) is 0 Å². The van der Waals surface area contributed by atoms with Gasteiger partial charge in [0.1, 0.15) is 6.04 Å². The molecule has 1 fully saturated rings. The number of nitrogens with one attached hydrogen (secondary N) is 2. The van der Waals surface area contributed by atoms with E-state index in [2.05, 4.69) is 10.6 Å². The highest BCUT2D eigenvalue weighted by atomic mass is 16.4. The van der Waals surface area contributed by atoms with Crippen molar-refractivity contribution in [3.63, 3.8) is 0 Å². The molecule has 98 valence electrons. The Bertz CT molecular complexity index is 293. The van der Waals surface area contributed by atoms with E-state index in [-0.39, 0.29) is 11.8 Å². The van der Waals surface area contributed by atoms with E-state index in [0.717, 1.165) is 0 Å². The Morgan fingerprint density at radius 1 is 1.47 bits per heavy atom. The van der Waals surface area contributed by atoms with Crippen LogP contribution in [0.5, 0.6) is 0 Å². The zero-order valence-electron chi connectivity index (χ0n) is 10.1. The summed E-state index contributed by atoms with van der Waals surface area (Å²) in [4.78, 5) is 22.7. The molecule has 1 rings (SSSR count). The molecule has 1 heterocycles. The van der Waals surface area contributed by atoms with Crippen molar-refractivity contribution >= 4 is 11.9 Å². The molecule has 1 aliphatic heterocycles. The quantitative estimate of drug-likeness (QED) is 0.514. The fourth-order valence-electron chi connectivity index (χ4n) is 1.88. The summed E-state index contributed by atoms with van der Waals surface area (Å²) in [5, 5.41) is 23.6. The number of carbonyl (C=O) groups is 2. The number of aliphatic carboxylic acids is 1. The molecule has 4 N–H and O–H groups in total. The Balaban J connectivity index is 2.49. The Morgan fingerprint density at radius 2 is 2.12 bits per heavy atom. The molecule has 0 aromatic carbocycles. The normalized spacial score (nSPS) is 25.9. The molecule has 0 aromatic heterocycles. The lowest BCUT2D eigenvalue weighted by molar-refractivity contribution is -0.142. The predicted octanol–water partition coefficient (Wildman–Crippen LogP) is -0.675. The SMILES string of the molecule is CC(C)CC(NC(=O)C1CC(O)CN1)C(=O)O. The van der Waals surface area contributed by atoms with Crippen LogP contribution in [-0.4, -0.2) is 46.8 Å². The van der Waals surface area contributed by atoms with Crippen LogP contribution >= 0.6 is 0 Å². The van der Waals surface area contributed by atoms with Crippen LogP contribution in [-0.2, 0) is 9.59 Å². The molecule has 6 heteroatoms. The number of aliphatic hydroxyl groups excluding tert-OH is 1. The summed E-state index contributed by atoms with van der Waals surface area (Å²) in [5.74, 6) is -1.18. The van der Waals surface area contributed by atoms with Crippen LogP contribution in [0, 0.1) is 5.92 Å². The topological polar surface area (TPSA) is 98.7 Å². The predicted molar refractivity (Wildman–Crippen MR) is 61.4 cm³/mol. The van der Waals surface area contributed by atoms with Crippen molar-refractivity contribution in [2.24, 2.45) is 5.92 Å². The lowest BCUT2D eigenvalue weighted by Crippen LogP contribution is -2.48. The first-order chi connectivity index (χ1) is 7.90. The molecule has 1 aliphatic rings. The fourth-order valence-corrected chi connectivity index (χ4v) is 1.88. The number of hydrogen-bond donors (Lipinski definition) is 4. The van der Waals surface area contributed by atoms with Gasteiger partial charge in [0.25, 0.3) is 0 Å². The van der Waals surface area contributed by atoms with Gasteiger partial charge < -0.3 is 20.8 Å². The van der Waals surface area contributed by atoms with Crippen molar-refractivity contribution in [2.75, 3.05) is 6.54 Å². The van der Waals surface area contributed by atoms with Crippen molar-refractivity contribution in [3.8, 4) is 0 Å². The highest BCUT2D eigenvalue weighted by Crippen LogP contribution is 2.09. The van der Waals surface area contributed by atoms with E-state index in [0.29, 0.717) is 19.4 Å². The molecule has 0 aromatic rings. The maximum Gasteiger partial charge on any atom is 0.326 e. The first-order valence-electron chi connectivity index (χ1n) is 5.84. The second-order valence-corrected chi connectivity index (χ2v) is 4.88. The van der Waals surface area contributed by atoms with Crippen molar-refractivity contribution in [2.45, 2.75) is 44.9 Å². The third-order valence-corrected chi connectivity index (χ3v) is 2.75. The Kier molecular flexibility index (Phi) is 4.89. The van der Waals surface area contributed by atoms with Crippen LogP contribution in [0.3, 0.4) is 0 Å². The van der Waals surface area contributed by atoms with E-state index in [9.17, 15) is 14.7 Å². The molecule has 0 aliphatic carbocycles. The summed E-state index contributed by atoms with van der Waals surface area (Å²) >= 11 is 0. The van der Waals surface area contributed by atoms with Crippen LogP contribution in [0.4, 0.5) is 0 Å². The summed E-state index contributed by atoms with van der Waals surface area (Å²) in [6.07, 6.45) is 0.204. The van der Waals surface area contributed by atoms with Gasteiger partial charge in [-0.2, -0.15) is 0 Å². The molecular weight excluding hydrogens is 224 g/mol. The van der Waals surface area contributed by atoms with Crippen LogP contribution in [0.1, 0.15) is 26.7 Å². The van der Waals surface area contributed by atoms with Gasteiger partial charge in [-0.3, -0.25) is 4.79 Å². The molecule has 3 atom stereocenters. The second kappa shape index (κ2) is 5.97. The third kappa shape index (κ3) is 4.32. The van der Waals surface area contributed by atoms with Crippen molar-refractivity contribution < 1.29 is 19.8 Å². The van der Waals surface area contributed by atoms with Gasteiger partial charge in [0.2, 0.25) is 5.91 Å². The maximum absolute atomic E-state index is 11.7. The van der Waals surface area contributed by atoms with Crippen LogP contribution in [0.15, 0.2) is 0 Å². The summed E-state index contributed by atoms with van der Waals surface area (Å²) in [6.45, 7) is 4.18. The van der Waals surface area contributed by atoms with E-state index >= 15 is 0 Å². The summed E-state index contributed by atoms with van der Waals surface area (Å²) in [6, 6.07) is -1.35. The van der Waals surface area contributed by atoms with Gasteiger partial charge in [-0.25, -0.2) is 4.79 Å². The lowest BCUT2D eigenvalue weighted by atomic mass is 10.0. The van der Waals surface area contributed by atoms with Crippen LogP contribution < -0.4 is 10.6 Å². The number of aliphatic hydroxyl groups is 1. The van der Waals surface area contributed by atoms with E-state index < -0.39 is 24.2 Å². The molecule has 3 unspecified atom stereocenters. The minimum atomic E-state index is -1.02. The highest BCUT2D eigenvalue weighted by Gasteiger charge is 2.30. The maximum atomic E-state index is 11.7. The van der Waals surface area contributed by atoms with E-state index in [1.54, 1.807) is 0 Å². The van der Waals surface area contributed by atoms with Gasteiger partial charge in [-0.05, 0) is 18.8 Å². The summed E-state index contributed by atoms with van der Waals surface area (Å²) < 4.78 is 0. The zero-order chi connectivity index (χ0) is 13.0. The Hall–Kier alpha value is -1.14. The van der Waals surface area contributed by atoms with Crippen LogP contribution in [0.2, 0.25) is 0 Å². The average Bonchev–Trinajstić information content (AvgIpc) is 2.63. The van der Waals surface area contributed by atoms with Gasteiger partial charge in [-0.1, -0.05) is 13.8 Å². The number of amides is 1. The fraction of sp³-hybridized carbons (Fsp3) is 0.818. The molecule has 6 nitrogen and oxygen atoms in total. The monoisotopic (exact) mass is 244 g/mol. The van der Waals surface area contributed by atoms with E-state index in [1.807, 2.05) is 13.8 Å². The first-order valence-corrected chi connectivity index (χ1v) is 5.84. The number of β-amino-alcohol motifs (C(OH)–C–C–N with tert-alkyl or cyclic N) is 1. The molecule has 1 saturated heterocycles. The van der Waals surface area contributed by atoms with Crippen molar-refractivity contribution in [1.82, 2.24) is 10.6 Å². The zero-order valence-corrected chi connectivity index (χ0v) is 10.1. The highest BCUT2D eigenvalue weighted by molar-refractivity contribution is 5.87. The third-order valence-electron chi connectivity index (χ3n) is 2.75. The lowest BCUT2D eigenvalue weighted by Gasteiger charge is -2.18. The largest absolute Gasteiger partial charge is 0.480 e. The van der Waals surface area contributed by atoms with Crippen molar-refractivity contribution in [1.29, 1.82) is 0 Å². The van der Waals surface area contributed by atoms with E-state index in [4.69, 9.17) is 5.11 Å². The minimum absolute atomic E-state index is 0.193. The average molecular weight is 244 g/mol. The standard InChI is InChI=1S/C11H20N2O4/c1-6(2)3-9(11(16)17)13-10(15)8-4-7(14)5-12-8/h6-9,12,14H,3-5H2,1-2H3,(H,13,15)(H,16,17). The minimum Gasteiger partial charge on any atom is -0.480 e. The van der Waals surface area contributed by atoms with Gasteiger partial charge in [0.15, 0.2) is 0 Å². The summed E-state index contributed by atoms with van der Waals surface area (Å²) in [5.41, 5.74) is 0. The van der Waals surface area contributed by atoms with Gasteiger partial charge in [0.05, 0.1) is 12.1 Å². The number of carbonyl (C=O) groups excluding carboxylic acids is 1.